The minimum Gasteiger partial charge on any atom is -0.399 e. The van der Waals surface area contributed by atoms with Crippen molar-refractivity contribution in [3.63, 3.8) is 0 Å². The van der Waals surface area contributed by atoms with E-state index in [0.29, 0.717) is 11.3 Å². The van der Waals surface area contributed by atoms with Crippen LogP contribution in [0.25, 0.3) is 0 Å². The number of nitrogens with one attached hydrogen (secondary N) is 1. The molecular formula is C17H29N3O. The summed E-state index contributed by atoms with van der Waals surface area (Å²) >= 11 is 0. The number of nitrogens with zero attached hydrogens (tertiary/aromatic N) is 1. The summed E-state index contributed by atoms with van der Waals surface area (Å²) in [5, 5.41) is 2.99. The molecule has 3 N–H and O–H groups in total. The predicted octanol–water partition coefficient (Wildman–Crippen LogP) is 3.43. The van der Waals surface area contributed by atoms with Crippen molar-refractivity contribution in [2.75, 3.05) is 31.3 Å². The molecule has 0 aromatic heterocycles. The summed E-state index contributed by atoms with van der Waals surface area (Å²) in [4.78, 5) is 14.2. The number of hydrogen-bond donors (Lipinski definition) is 2. The van der Waals surface area contributed by atoms with E-state index < -0.39 is 0 Å². The zero-order chi connectivity index (χ0) is 15.7. The molecule has 0 fully saturated rings. The second-order valence-electron chi connectivity index (χ2n) is 5.69. The third-order valence-electron chi connectivity index (χ3n) is 3.56. The highest BCUT2D eigenvalue weighted by Gasteiger charge is 2.12. The van der Waals surface area contributed by atoms with E-state index in [0.717, 1.165) is 18.7 Å². The van der Waals surface area contributed by atoms with E-state index in [2.05, 4.69) is 12.2 Å². The molecule has 0 heterocycles. The quantitative estimate of drug-likeness (QED) is 0.541. The Hall–Kier alpha value is -1.71. The average molecular weight is 291 g/mol. The van der Waals surface area contributed by atoms with Crippen molar-refractivity contribution in [1.29, 1.82) is 0 Å². The molecule has 0 aliphatic rings. The van der Waals surface area contributed by atoms with Gasteiger partial charge in [0.15, 0.2) is 0 Å². The predicted molar refractivity (Wildman–Crippen MR) is 90.9 cm³/mol. The van der Waals surface area contributed by atoms with E-state index in [4.69, 9.17) is 5.73 Å². The molecule has 0 aliphatic heterocycles. The van der Waals surface area contributed by atoms with E-state index >= 15 is 0 Å². The first-order chi connectivity index (χ1) is 10.1. The summed E-state index contributed by atoms with van der Waals surface area (Å²) in [7, 11) is 3.85. The molecule has 0 radical (unpaired) electrons. The Kier molecular flexibility index (Phi) is 7.65. The van der Waals surface area contributed by atoms with Gasteiger partial charge in [0.1, 0.15) is 0 Å². The number of benzene rings is 1. The summed E-state index contributed by atoms with van der Waals surface area (Å²) in [5.41, 5.74) is 7.94. The van der Waals surface area contributed by atoms with Crippen LogP contribution >= 0.6 is 0 Å². The summed E-state index contributed by atoms with van der Waals surface area (Å²) in [6.07, 6.45) is 7.34. The second kappa shape index (κ2) is 9.27. The zero-order valence-corrected chi connectivity index (χ0v) is 13.6. The molecule has 0 bridgehead atoms. The molecule has 4 heteroatoms. The van der Waals surface area contributed by atoms with Gasteiger partial charge in [-0.05, 0) is 24.6 Å². The van der Waals surface area contributed by atoms with Gasteiger partial charge in [-0.3, -0.25) is 4.79 Å². The van der Waals surface area contributed by atoms with Crippen LogP contribution < -0.4 is 16.0 Å². The molecule has 0 unspecified atom stereocenters. The van der Waals surface area contributed by atoms with Crippen molar-refractivity contribution in [2.45, 2.75) is 45.4 Å². The first-order valence-electron chi connectivity index (χ1n) is 7.91. The second-order valence-corrected chi connectivity index (χ2v) is 5.69. The minimum absolute atomic E-state index is 0.0421. The van der Waals surface area contributed by atoms with Gasteiger partial charge in [-0.15, -0.1) is 0 Å². The van der Waals surface area contributed by atoms with Crippen molar-refractivity contribution in [2.24, 2.45) is 0 Å². The molecule has 0 aliphatic carbocycles. The highest BCUT2D eigenvalue weighted by Crippen LogP contribution is 2.21. The number of rotatable bonds is 9. The topological polar surface area (TPSA) is 58.4 Å². The van der Waals surface area contributed by atoms with Gasteiger partial charge in [0.05, 0.1) is 5.56 Å². The van der Waals surface area contributed by atoms with Crippen LogP contribution in [0.4, 0.5) is 11.4 Å². The highest BCUT2D eigenvalue weighted by molar-refractivity contribution is 6.00. The van der Waals surface area contributed by atoms with E-state index in [1.54, 1.807) is 6.07 Å². The van der Waals surface area contributed by atoms with E-state index in [1.165, 1.54) is 32.1 Å². The van der Waals surface area contributed by atoms with E-state index in [9.17, 15) is 4.79 Å². The smallest absolute Gasteiger partial charge is 0.253 e. The molecule has 1 amide bonds. The number of nitrogen functional groups attached to an aromatic ring is 1. The fraction of sp³-hybridized carbons (Fsp3) is 0.588. The number of anilines is 2. The molecule has 0 saturated carbocycles. The number of carbonyl (C=O) groups is 1. The van der Waals surface area contributed by atoms with Crippen molar-refractivity contribution in [1.82, 2.24) is 5.32 Å². The summed E-state index contributed by atoms with van der Waals surface area (Å²) in [6.45, 7) is 2.95. The third kappa shape index (κ3) is 6.06. The van der Waals surface area contributed by atoms with Gasteiger partial charge in [-0.2, -0.15) is 0 Å². The maximum absolute atomic E-state index is 12.3. The number of hydrogen-bond acceptors (Lipinski definition) is 3. The van der Waals surface area contributed by atoms with Crippen LogP contribution in [0.3, 0.4) is 0 Å². The SMILES string of the molecule is CCCCCCCCNC(=O)c1cc(N)ccc1N(C)C. The monoisotopic (exact) mass is 291 g/mol. The van der Waals surface area contributed by atoms with Gasteiger partial charge in [-0.1, -0.05) is 39.0 Å². The van der Waals surface area contributed by atoms with Crippen LogP contribution in [0.2, 0.25) is 0 Å². The van der Waals surface area contributed by atoms with Gasteiger partial charge >= 0.3 is 0 Å². The maximum atomic E-state index is 12.3. The Morgan fingerprint density at radius 1 is 1.14 bits per heavy atom. The first kappa shape index (κ1) is 17.3. The van der Waals surface area contributed by atoms with Crippen LogP contribution in [0.1, 0.15) is 55.8 Å². The summed E-state index contributed by atoms with van der Waals surface area (Å²) in [6, 6.07) is 5.45. The number of carbonyl (C=O) groups excluding carboxylic acids is 1. The average Bonchev–Trinajstić information content (AvgIpc) is 2.45. The van der Waals surface area contributed by atoms with Gasteiger partial charge < -0.3 is 16.0 Å². The number of amides is 1. The largest absolute Gasteiger partial charge is 0.399 e. The van der Waals surface area contributed by atoms with Crippen LogP contribution in [0, 0.1) is 0 Å². The molecule has 0 spiro atoms. The standard InChI is InChI=1S/C17H29N3O/c1-4-5-6-7-8-9-12-19-17(21)15-13-14(18)10-11-16(15)20(2)3/h10-11,13H,4-9,12,18H2,1-3H3,(H,19,21). The van der Waals surface area contributed by atoms with Gasteiger partial charge in [0.2, 0.25) is 0 Å². The van der Waals surface area contributed by atoms with Crippen LogP contribution in [0.5, 0.6) is 0 Å². The fourth-order valence-corrected chi connectivity index (χ4v) is 2.33. The van der Waals surface area contributed by atoms with Crippen molar-refractivity contribution >= 4 is 17.3 Å². The molecular weight excluding hydrogens is 262 g/mol. The molecule has 1 rings (SSSR count). The number of unbranched alkanes of at least 4 members (excludes halogenated alkanes) is 5. The van der Waals surface area contributed by atoms with Crippen molar-refractivity contribution in [3.05, 3.63) is 23.8 Å². The molecule has 118 valence electrons. The molecule has 1 aromatic rings. The molecule has 0 saturated heterocycles. The summed E-state index contributed by atoms with van der Waals surface area (Å²) < 4.78 is 0. The Balaban J connectivity index is 2.43. The highest BCUT2D eigenvalue weighted by atomic mass is 16.1. The Morgan fingerprint density at radius 2 is 1.81 bits per heavy atom. The Bertz CT molecular complexity index is 444. The Labute approximate surface area is 128 Å². The first-order valence-corrected chi connectivity index (χ1v) is 7.91. The van der Waals surface area contributed by atoms with E-state index in [-0.39, 0.29) is 5.91 Å². The lowest BCUT2D eigenvalue weighted by molar-refractivity contribution is 0.0953. The van der Waals surface area contributed by atoms with Crippen LogP contribution in [-0.2, 0) is 0 Å². The zero-order valence-electron chi connectivity index (χ0n) is 13.6. The van der Waals surface area contributed by atoms with Gasteiger partial charge in [0.25, 0.3) is 5.91 Å². The van der Waals surface area contributed by atoms with Gasteiger partial charge in [0, 0.05) is 32.0 Å². The van der Waals surface area contributed by atoms with E-state index in [1.807, 2.05) is 31.1 Å². The summed E-state index contributed by atoms with van der Waals surface area (Å²) in [5.74, 6) is -0.0421. The maximum Gasteiger partial charge on any atom is 0.253 e. The number of nitrogens with two attached hydrogens (primary N) is 1. The lowest BCUT2D eigenvalue weighted by Crippen LogP contribution is -2.26. The van der Waals surface area contributed by atoms with Gasteiger partial charge in [-0.25, -0.2) is 0 Å². The fourth-order valence-electron chi connectivity index (χ4n) is 2.33. The third-order valence-corrected chi connectivity index (χ3v) is 3.56. The molecule has 0 atom stereocenters. The van der Waals surface area contributed by atoms with Crippen LogP contribution in [-0.4, -0.2) is 26.5 Å². The molecule has 1 aromatic carbocycles. The normalized spacial score (nSPS) is 10.4. The lowest BCUT2D eigenvalue weighted by atomic mass is 10.1. The van der Waals surface area contributed by atoms with Crippen LogP contribution in [0.15, 0.2) is 18.2 Å². The molecule has 21 heavy (non-hydrogen) atoms. The lowest BCUT2D eigenvalue weighted by Gasteiger charge is -2.17. The molecule has 4 nitrogen and oxygen atoms in total. The van der Waals surface area contributed by atoms with Crippen molar-refractivity contribution in [3.8, 4) is 0 Å². The Morgan fingerprint density at radius 3 is 2.48 bits per heavy atom. The minimum atomic E-state index is -0.0421. The van der Waals surface area contributed by atoms with Crippen molar-refractivity contribution < 1.29 is 4.79 Å².